The second-order valence-corrected chi connectivity index (χ2v) is 11.6. The monoisotopic (exact) mass is 560 g/mol. The number of benzene rings is 1. The van der Waals surface area contributed by atoms with Crippen LogP contribution in [0.4, 0.5) is 4.79 Å². The van der Waals surface area contributed by atoms with Gasteiger partial charge in [-0.25, -0.2) is 9.59 Å². The number of carboxylic acids is 1. The van der Waals surface area contributed by atoms with Gasteiger partial charge in [0.15, 0.2) is 6.10 Å². The standard InChI is InChI=1S/C25H40N2O10S/c1-14(2)12-27(8-9-38(5)34)25(33)35-13-16-6-7-18(17(10-16)11-26-15(3)4)36-24-21(30)19(28)20(29)22(37-24)23(31)32/h6-7,10,14-15,19-22,24,26,28-30H,8-9,11-13H2,1-5H3,(H,31,32). The number of ether oxygens (including phenoxy) is 3. The summed E-state index contributed by atoms with van der Waals surface area (Å²) in [5, 5.41) is 42.8. The van der Waals surface area contributed by atoms with Crippen molar-refractivity contribution in [2.75, 3.05) is 25.1 Å². The zero-order chi connectivity index (χ0) is 28.6. The second kappa shape index (κ2) is 14.8. The molecule has 1 aromatic carbocycles. The lowest BCUT2D eigenvalue weighted by Gasteiger charge is -2.38. The molecule has 0 saturated carbocycles. The number of carboxylic acid groups (broad SMARTS) is 1. The van der Waals surface area contributed by atoms with E-state index in [1.54, 1.807) is 24.5 Å². The molecule has 0 spiro atoms. The van der Waals surface area contributed by atoms with Crippen LogP contribution in [0, 0.1) is 5.92 Å². The molecule has 1 aliphatic rings. The Balaban J connectivity index is 2.19. The SMILES string of the molecule is CC(C)CN(CCS(C)=O)C(=O)OCc1ccc(OC2OC(C(=O)O)C(O)C(O)C2O)c(CNC(C)C)c1. The number of aliphatic carboxylic acids is 1. The number of nitrogens with zero attached hydrogens (tertiary/aromatic N) is 1. The van der Waals surface area contributed by atoms with Gasteiger partial charge in [-0.1, -0.05) is 33.8 Å². The summed E-state index contributed by atoms with van der Waals surface area (Å²) in [6.07, 6.45) is -7.58. The highest BCUT2D eigenvalue weighted by Crippen LogP contribution is 2.28. The second-order valence-electron chi connectivity index (χ2n) is 10.0. The molecule has 0 aromatic heterocycles. The Hall–Kier alpha value is -2.29. The lowest BCUT2D eigenvalue weighted by atomic mass is 9.99. The van der Waals surface area contributed by atoms with Gasteiger partial charge in [0.1, 0.15) is 30.7 Å². The zero-order valence-corrected chi connectivity index (χ0v) is 23.2. The fourth-order valence-corrected chi connectivity index (χ4v) is 4.21. The third-order valence-electron chi connectivity index (χ3n) is 5.74. The maximum absolute atomic E-state index is 12.7. The van der Waals surface area contributed by atoms with E-state index in [1.165, 1.54) is 4.90 Å². The molecular weight excluding hydrogens is 520 g/mol. The first-order chi connectivity index (χ1) is 17.8. The first kappa shape index (κ1) is 31.9. The maximum atomic E-state index is 12.7. The number of hydrogen-bond donors (Lipinski definition) is 5. The molecule has 1 amide bonds. The van der Waals surface area contributed by atoms with Gasteiger partial charge in [0.25, 0.3) is 0 Å². The van der Waals surface area contributed by atoms with E-state index < -0.39 is 53.6 Å². The van der Waals surface area contributed by atoms with Crippen molar-refractivity contribution in [2.24, 2.45) is 5.92 Å². The molecule has 1 aliphatic heterocycles. The van der Waals surface area contributed by atoms with Crippen LogP contribution in [0.15, 0.2) is 18.2 Å². The third-order valence-corrected chi connectivity index (χ3v) is 6.49. The maximum Gasteiger partial charge on any atom is 0.410 e. The molecule has 216 valence electrons. The average molecular weight is 561 g/mol. The quantitative estimate of drug-likeness (QED) is 0.226. The van der Waals surface area contributed by atoms with Gasteiger partial charge in [-0.2, -0.15) is 0 Å². The normalized spacial score (nSPS) is 24.3. The van der Waals surface area contributed by atoms with Crippen molar-refractivity contribution in [3.8, 4) is 5.75 Å². The molecule has 0 radical (unpaired) electrons. The van der Waals surface area contributed by atoms with Gasteiger partial charge in [-0.3, -0.25) is 4.21 Å². The Bertz CT molecular complexity index is 960. The van der Waals surface area contributed by atoms with Gasteiger partial charge in [0, 0.05) is 54.0 Å². The molecule has 1 fully saturated rings. The van der Waals surface area contributed by atoms with Gasteiger partial charge in [-0.15, -0.1) is 0 Å². The third kappa shape index (κ3) is 9.47. The van der Waals surface area contributed by atoms with Crippen LogP contribution in [0.3, 0.4) is 0 Å². The summed E-state index contributed by atoms with van der Waals surface area (Å²) < 4.78 is 28.0. The first-order valence-electron chi connectivity index (χ1n) is 12.5. The van der Waals surface area contributed by atoms with Crippen molar-refractivity contribution in [3.05, 3.63) is 29.3 Å². The Kier molecular flexibility index (Phi) is 12.4. The number of carbonyl (C=O) groups is 2. The van der Waals surface area contributed by atoms with E-state index in [0.717, 1.165) is 0 Å². The first-order valence-corrected chi connectivity index (χ1v) is 14.2. The molecule has 1 saturated heterocycles. The van der Waals surface area contributed by atoms with E-state index in [4.69, 9.17) is 14.2 Å². The molecule has 5 N–H and O–H groups in total. The summed E-state index contributed by atoms with van der Waals surface area (Å²) in [7, 11) is -1.05. The number of hydrogen-bond acceptors (Lipinski definition) is 10. The summed E-state index contributed by atoms with van der Waals surface area (Å²) >= 11 is 0. The van der Waals surface area contributed by atoms with Gasteiger partial charge in [0.05, 0.1) is 0 Å². The van der Waals surface area contributed by atoms with E-state index >= 15 is 0 Å². The number of aliphatic hydroxyl groups is 3. The lowest BCUT2D eigenvalue weighted by molar-refractivity contribution is -0.271. The number of amides is 1. The van der Waals surface area contributed by atoms with Crippen LogP contribution in [-0.4, -0.2) is 103 Å². The summed E-state index contributed by atoms with van der Waals surface area (Å²) in [5.41, 5.74) is 1.26. The molecule has 1 aromatic rings. The summed E-state index contributed by atoms with van der Waals surface area (Å²) in [6.45, 7) is 8.91. The fourth-order valence-electron chi connectivity index (χ4n) is 3.74. The minimum absolute atomic E-state index is 0.0356. The highest BCUT2D eigenvalue weighted by atomic mass is 32.2. The molecule has 38 heavy (non-hydrogen) atoms. The van der Waals surface area contributed by atoms with E-state index in [-0.39, 0.29) is 24.3 Å². The van der Waals surface area contributed by atoms with E-state index in [2.05, 4.69) is 5.32 Å². The van der Waals surface area contributed by atoms with Crippen LogP contribution in [0.5, 0.6) is 5.75 Å². The van der Waals surface area contributed by atoms with Crippen molar-refractivity contribution < 1.29 is 48.4 Å². The van der Waals surface area contributed by atoms with Crippen LogP contribution >= 0.6 is 0 Å². The van der Waals surface area contributed by atoms with Crippen LogP contribution in [0.2, 0.25) is 0 Å². The Morgan fingerprint density at radius 1 is 1.13 bits per heavy atom. The fraction of sp³-hybridized carbons (Fsp3) is 0.680. The molecule has 1 heterocycles. The van der Waals surface area contributed by atoms with Crippen LogP contribution in [0.25, 0.3) is 0 Å². The molecule has 6 unspecified atom stereocenters. The lowest BCUT2D eigenvalue weighted by Crippen LogP contribution is -2.61. The molecule has 0 bridgehead atoms. The summed E-state index contributed by atoms with van der Waals surface area (Å²) in [6, 6.07) is 5.06. The van der Waals surface area contributed by atoms with Crippen molar-refractivity contribution in [1.29, 1.82) is 0 Å². The highest BCUT2D eigenvalue weighted by Gasteiger charge is 2.48. The van der Waals surface area contributed by atoms with E-state index in [9.17, 15) is 34.2 Å². The zero-order valence-electron chi connectivity index (χ0n) is 22.4. The minimum Gasteiger partial charge on any atom is -0.479 e. The van der Waals surface area contributed by atoms with Crippen LogP contribution < -0.4 is 10.1 Å². The van der Waals surface area contributed by atoms with Gasteiger partial charge in [-0.05, 0) is 23.6 Å². The van der Waals surface area contributed by atoms with Crippen molar-refractivity contribution in [2.45, 2.75) is 77.6 Å². The Labute approximate surface area is 225 Å². The van der Waals surface area contributed by atoms with Crippen molar-refractivity contribution in [1.82, 2.24) is 10.2 Å². The number of carbonyl (C=O) groups excluding carboxylic acids is 1. The Morgan fingerprint density at radius 3 is 2.39 bits per heavy atom. The highest BCUT2D eigenvalue weighted by molar-refractivity contribution is 7.84. The number of aliphatic hydroxyl groups excluding tert-OH is 3. The van der Waals surface area contributed by atoms with Crippen LogP contribution in [0.1, 0.15) is 38.8 Å². The molecule has 0 aliphatic carbocycles. The van der Waals surface area contributed by atoms with Gasteiger partial charge >= 0.3 is 12.1 Å². The molecule has 13 heteroatoms. The minimum atomic E-state index is -1.82. The predicted octanol–water partition coefficient (Wildman–Crippen LogP) is 0.429. The van der Waals surface area contributed by atoms with Gasteiger partial charge in [0.2, 0.25) is 6.29 Å². The Morgan fingerprint density at radius 2 is 1.82 bits per heavy atom. The van der Waals surface area contributed by atoms with Crippen molar-refractivity contribution in [3.63, 3.8) is 0 Å². The topological polar surface area (TPSA) is 175 Å². The summed E-state index contributed by atoms with van der Waals surface area (Å²) in [5.74, 6) is -0.706. The molecule has 6 atom stereocenters. The number of rotatable bonds is 13. The molecule has 12 nitrogen and oxygen atoms in total. The van der Waals surface area contributed by atoms with E-state index in [0.29, 0.717) is 36.5 Å². The van der Waals surface area contributed by atoms with Gasteiger partial charge < -0.3 is 44.9 Å². The summed E-state index contributed by atoms with van der Waals surface area (Å²) in [4.78, 5) is 25.6. The average Bonchev–Trinajstić information content (AvgIpc) is 2.84. The van der Waals surface area contributed by atoms with Crippen molar-refractivity contribution >= 4 is 22.9 Å². The molecule has 2 rings (SSSR count). The predicted molar refractivity (Wildman–Crippen MR) is 139 cm³/mol. The molecular formula is C25H40N2O10S. The number of nitrogens with one attached hydrogen (secondary N) is 1. The smallest absolute Gasteiger partial charge is 0.410 e. The largest absolute Gasteiger partial charge is 0.479 e. The van der Waals surface area contributed by atoms with Crippen LogP contribution in [-0.2, 0) is 38.2 Å². The van der Waals surface area contributed by atoms with E-state index in [1.807, 2.05) is 27.7 Å².